The maximum absolute atomic E-state index is 12.5. The van der Waals surface area contributed by atoms with Crippen molar-refractivity contribution in [1.29, 1.82) is 0 Å². The summed E-state index contributed by atoms with van der Waals surface area (Å²) in [5, 5.41) is 2.84. The molecule has 0 saturated heterocycles. The Bertz CT molecular complexity index is 363. The first-order chi connectivity index (χ1) is 7.93. The molecule has 0 spiro atoms. The normalized spacial score (nSPS) is 11.5. The van der Waals surface area contributed by atoms with Crippen molar-refractivity contribution < 1.29 is 13.2 Å². The number of nitrogens with two attached hydrogens (primary N) is 1. The Kier molecular flexibility index (Phi) is 4.60. The number of halogens is 3. The number of anilines is 2. The van der Waals surface area contributed by atoms with Crippen LogP contribution in [0.5, 0.6) is 0 Å². The van der Waals surface area contributed by atoms with Gasteiger partial charge in [-0.3, -0.25) is 0 Å². The van der Waals surface area contributed by atoms with Crippen LogP contribution in [-0.2, 0) is 6.18 Å². The predicted molar refractivity (Wildman–Crippen MR) is 61.7 cm³/mol. The second-order valence-corrected chi connectivity index (χ2v) is 3.80. The molecule has 3 N–H and O–H groups in total. The van der Waals surface area contributed by atoms with E-state index in [0.29, 0.717) is 6.54 Å². The second kappa shape index (κ2) is 5.75. The second-order valence-electron chi connectivity index (χ2n) is 3.80. The summed E-state index contributed by atoms with van der Waals surface area (Å²) < 4.78 is 37.4. The first kappa shape index (κ1) is 13.6. The Hall–Kier alpha value is -1.46. The maximum atomic E-state index is 12.5. The Morgan fingerprint density at radius 3 is 2.59 bits per heavy atom. The molecule has 0 unspecified atom stereocenters. The molecule has 6 heteroatoms. The van der Waals surface area contributed by atoms with Gasteiger partial charge in [0.2, 0.25) is 0 Å². The highest BCUT2D eigenvalue weighted by atomic mass is 19.4. The van der Waals surface area contributed by atoms with Crippen molar-refractivity contribution in [3.05, 3.63) is 17.7 Å². The van der Waals surface area contributed by atoms with Gasteiger partial charge in [0.25, 0.3) is 0 Å². The highest BCUT2D eigenvalue weighted by Gasteiger charge is 2.31. The molecule has 1 rings (SSSR count). The molecule has 0 bridgehead atoms. The first-order valence-corrected chi connectivity index (χ1v) is 5.52. The average Bonchev–Trinajstić information content (AvgIpc) is 2.22. The van der Waals surface area contributed by atoms with E-state index in [2.05, 4.69) is 17.2 Å². The fraction of sp³-hybridized carbons (Fsp3) is 0.545. The molecule has 1 heterocycles. The number of rotatable bonds is 5. The van der Waals surface area contributed by atoms with Crippen LogP contribution in [0.15, 0.2) is 12.1 Å². The van der Waals surface area contributed by atoms with Gasteiger partial charge in [-0.05, 0) is 18.6 Å². The van der Waals surface area contributed by atoms with Gasteiger partial charge >= 0.3 is 6.18 Å². The molecular formula is C11H16F3N3. The largest absolute Gasteiger partial charge is 0.416 e. The number of nitrogens with zero attached hydrogens (tertiary/aromatic N) is 1. The lowest BCUT2D eigenvalue weighted by atomic mass is 10.2. The molecule has 1 aromatic heterocycles. The van der Waals surface area contributed by atoms with Gasteiger partial charge in [0.15, 0.2) is 0 Å². The van der Waals surface area contributed by atoms with E-state index in [1.165, 1.54) is 0 Å². The fourth-order valence-electron chi connectivity index (χ4n) is 1.40. The Balaban J connectivity index is 2.69. The molecule has 17 heavy (non-hydrogen) atoms. The van der Waals surface area contributed by atoms with Crippen molar-refractivity contribution in [3.8, 4) is 0 Å². The summed E-state index contributed by atoms with van der Waals surface area (Å²) in [5.74, 6) is 0.0474. The minimum absolute atomic E-state index is 0.127. The predicted octanol–water partition coefficient (Wildman–Crippen LogP) is 3.28. The van der Waals surface area contributed by atoms with Crippen molar-refractivity contribution in [2.24, 2.45) is 0 Å². The average molecular weight is 247 g/mol. The third-order valence-electron chi connectivity index (χ3n) is 2.26. The molecular weight excluding hydrogens is 231 g/mol. The van der Waals surface area contributed by atoms with Crippen molar-refractivity contribution >= 4 is 11.6 Å². The SMILES string of the molecule is CCCCCNc1cc(C(F)(F)F)cc(N)n1. The summed E-state index contributed by atoms with van der Waals surface area (Å²) >= 11 is 0. The molecule has 0 radical (unpaired) electrons. The summed E-state index contributed by atoms with van der Waals surface area (Å²) in [5.41, 5.74) is 4.56. The number of nitrogens with one attached hydrogen (secondary N) is 1. The number of pyridine rings is 1. The van der Waals surface area contributed by atoms with E-state index in [1.54, 1.807) is 0 Å². The number of alkyl halides is 3. The molecule has 0 aliphatic rings. The van der Waals surface area contributed by atoms with Gasteiger partial charge in [-0.1, -0.05) is 19.8 Å². The van der Waals surface area contributed by atoms with Crippen LogP contribution >= 0.6 is 0 Å². The molecule has 3 nitrogen and oxygen atoms in total. The van der Waals surface area contributed by atoms with E-state index in [0.717, 1.165) is 31.4 Å². The van der Waals surface area contributed by atoms with Crippen molar-refractivity contribution in [3.63, 3.8) is 0 Å². The highest BCUT2D eigenvalue weighted by Crippen LogP contribution is 2.31. The Labute approximate surface area is 98.2 Å². The molecule has 0 amide bonds. The molecule has 1 aromatic rings. The number of hydrogen-bond acceptors (Lipinski definition) is 3. The molecule has 0 saturated carbocycles. The monoisotopic (exact) mass is 247 g/mol. The molecule has 96 valence electrons. The number of unbranched alkanes of at least 4 members (excludes halogenated alkanes) is 2. The molecule has 0 aliphatic heterocycles. The summed E-state index contributed by atoms with van der Waals surface area (Å²) in [6, 6.07) is 1.81. The lowest BCUT2D eigenvalue weighted by molar-refractivity contribution is -0.137. The minimum atomic E-state index is -4.39. The maximum Gasteiger partial charge on any atom is 0.416 e. The summed E-state index contributed by atoms with van der Waals surface area (Å²) in [4.78, 5) is 3.81. The van der Waals surface area contributed by atoms with Crippen molar-refractivity contribution in [2.75, 3.05) is 17.6 Å². The third kappa shape index (κ3) is 4.50. The van der Waals surface area contributed by atoms with E-state index >= 15 is 0 Å². The summed E-state index contributed by atoms with van der Waals surface area (Å²) in [7, 11) is 0. The van der Waals surface area contributed by atoms with Crippen molar-refractivity contribution in [2.45, 2.75) is 32.4 Å². The van der Waals surface area contributed by atoms with Crippen LogP contribution in [0, 0.1) is 0 Å². The van der Waals surface area contributed by atoms with Gasteiger partial charge in [-0.15, -0.1) is 0 Å². The van der Waals surface area contributed by atoms with Gasteiger partial charge in [0.1, 0.15) is 11.6 Å². The van der Waals surface area contributed by atoms with Gasteiger partial charge in [-0.25, -0.2) is 4.98 Å². The fourth-order valence-corrected chi connectivity index (χ4v) is 1.40. The van der Waals surface area contributed by atoms with Crippen LogP contribution in [0.25, 0.3) is 0 Å². The quantitative estimate of drug-likeness (QED) is 0.785. The van der Waals surface area contributed by atoms with Gasteiger partial charge in [-0.2, -0.15) is 13.2 Å². The number of hydrogen-bond donors (Lipinski definition) is 2. The topological polar surface area (TPSA) is 50.9 Å². The van der Waals surface area contributed by atoms with E-state index in [1.807, 2.05) is 0 Å². The molecule has 0 aliphatic carbocycles. The Morgan fingerprint density at radius 1 is 1.29 bits per heavy atom. The lowest BCUT2D eigenvalue weighted by Crippen LogP contribution is -2.10. The van der Waals surface area contributed by atoms with E-state index in [9.17, 15) is 13.2 Å². The highest BCUT2D eigenvalue weighted by molar-refractivity contribution is 5.47. The van der Waals surface area contributed by atoms with Crippen LogP contribution in [0.1, 0.15) is 31.7 Å². The van der Waals surface area contributed by atoms with Crippen LogP contribution in [-0.4, -0.2) is 11.5 Å². The van der Waals surface area contributed by atoms with E-state index in [-0.39, 0.29) is 11.6 Å². The molecule has 0 fully saturated rings. The van der Waals surface area contributed by atoms with Crippen molar-refractivity contribution in [1.82, 2.24) is 4.98 Å². The Morgan fingerprint density at radius 2 is 2.00 bits per heavy atom. The lowest BCUT2D eigenvalue weighted by Gasteiger charge is -2.11. The zero-order valence-electron chi connectivity index (χ0n) is 9.64. The van der Waals surface area contributed by atoms with Crippen LogP contribution in [0.3, 0.4) is 0 Å². The standard InChI is InChI=1S/C11H16F3N3/c1-2-3-4-5-16-10-7-8(11(12,13)14)6-9(15)17-10/h6-7H,2-5H2,1H3,(H3,15,16,17). The van der Waals surface area contributed by atoms with E-state index in [4.69, 9.17) is 5.73 Å². The van der Waals surface area contributed by atoms with Crippen LogP contribution in [0.4, 0.5) is 24.8 Å². The third-order valence-corrected chi connectivity index (χ3v) is 2.26. The van der Waals surface area contributed by atoms with Gasteiger partial charge in [0.05, 0.1) is 5.56 Å². The number of aromatic nitrogens is 1. The van der Waals surface area contributed by atoms with E-state index < -0.39 is 11.7 Å². The van der Waals surface area contributed by atoms with Crippen LogP contribution in [0.2, 0.25) is 0 Å². The molecule has 0 atom stereocenters. The first-order valence-electron chi connectivity index (χ1n) is 5.52. The summed E-state index contributed by atoms with van der Waals surface area (Å²) in [6.07, 6.45) is -1.41. The number of nitrogen functional groups attached to an aromatic ring is 1. The summed E-state index contributed by atoms with van der Waals surface area (Å²) in [6.45, 7) is 2.65. The smallest absolute Gasteiger partial charge is 0.384 e. The van der Waals surface area contributed by atoms with Gasteiger partial charge < -0.3 is 11.1 Å². The minimum Gasteiger partial charge on any atom is -0.384 e. The molecule has 0 aromatic carbocycles. The zero-order valence-corrected chi connectivity index (χ0v) is 9.64. The zero-order chi connectivity index (χ0) is 12.9. The van der Waals surface area contributed by atoms with Crippen LogP contribution < -0.4 is 11.1 Å². The van der Waals surface area contributed by atoms with Gasteiger partial charge in [0, 0.05) is 6.54 Å².